The fourth-order valence-electron chi connectivity index (χ4n) is 2.62. The molecule has 0 atom stereocenters. The fourth-order valence-corrected chi connectivity index (χ4v) is 3.72. The van der Waals surface area contributed by atoms with Crippen LogP contribution in [0.5, 0.6) is 0 Å². The molecule has 20 heavy (non-hydrogen) atoms. The van der Waals surface area contributed by atoms with Gasteiger partial charge in [0.2, 0.25) is 0 Å². The summed E-state index contributed by atoms with van der Waals surface area (Å²) in [5, 5.41) is 4.31. The molecule has 1 saturated carbocycles. The third kappa shape index (κ3) is 3.05. The van der Waals surface area contributed by atoms with E-state index in [-0.39, 0.29) is 0 Å². The van der Waals surface area contributed by atoms with E-state index in [0.29, 0.717) is 12.0 Å². The van der Waals surface area contributed by atoms with Gasteiger partial charge in [-0.1, -0.05) is 45.7 Å². The molecular formula is C16H14Br2ClN. The van der Waals surface area contributed by atoms with Crippen LogP contribution >= 0.6 is 43.5 Å². The van der Waals surface area contributed by atoms with Crippen LogP contribution in [0.15, 0.2) is 51.4 Å². The van der Waals surface area contributed by atoms with Gasteiger partial charge in [-0.2, -0.15) is 0 Å². The Balaban J connectivity index is 1.61. The largest absolute Gasteiger partial charge is 0.382 e. The maximum atomic E-state index is 6.01. The Morgan fingerprint density at radius 1 is 1.00 bits per heavy atom. The van der Waals surface area contributed by atoms with E-state index in [9.17, 15) is 0 Å². The average molecular weight is 416 g/mol. The second kappa shape index (κ2) is 6.08. The van der Waals surface area contributed by atoms with Crippen LogP contribution in [0.4, 0.5) is 5.69 Å². The molecule has 1 nitrogen and oxygen atoms in total. The van der Waals surface area contributed by atoms with E-state index in [4.69, 9.17) is 11.6 Å². The first-order chi connectivity index (χ1) is 9.63. The summed E-state index contributed by atoms with van der Waals surface area (Å²) in [6, 6.07) is 15.0. The second-order valence-electron chi connectivity index (χ2n) is 5.16. The van der Waals surface area contributed by atoms with Gasteiger partial charge in [0.15, 0.2) is 0 Å². The van der Waals surface area contributed by atoms with Gasteiger partial charge in [0.25, 0.3) is 0 Å². The van der Waals surface area contributed by atoms with E-state index in [1.54, 1.807) is 0 Å². The summed E-state index contributed by atoms with van der Waals surface area (Å²) in [5.74, 6) is 0.652. The molecule has 104 valence electrons. The van der Waals surface area contributed by atoms with Gasteiger partial charge in [-0.15, -0.1) is 0 Å². The molecule has 1 aliphatic rings. The molecule has 0 unspecified atom stereocenters. The van der Waals surface area contributed by atoms with E-state index in [1.165, 1.54) is 22.9 Å². The van der Waals surface area contributed by atoms with Crippen LogP contribution in [0.2, 0.25) is 5.02 Å². The van der Waals surface area contributed by atoms with Crippen LogP contribution in [-0.2, 0) is 0 Å². The van der Waals surface area contributed by atoms with E-state index in [1.807, 2.05) is 18.2 Å². The number of hydrogen-bond donors (Lipinski definition) is 1. The van der Waals surface area contributed by atoms with Crippen LogP contribution in [-0.4, -0.2) is 6.04 Å². The predicted molar refractivity (Wildman–Crippen MR) is 92.7 cm³/mol. The van der Waals surface area contributed by atoms with Crippen molar-refractivity contribution in [3.63, 3.8) is 0 Å². The molecule has 0 heterocycles. The zero-order valence-electron chi connectivity index (χ0n) is 10.7. The minimum absolute atomic E-state index is 0.542. The highest BCUT2D eigenvalue weighted by atomic mass is 79.9. The van der Waals surface area contributed by atoms with Crippen molar-refractivity contribution in [2.75, 3.05) is 5.32 Å². The van der Waals surface area contributed by atoms with Gasteiger partial charge in [-0.25, -0.2) is 0 Å². The lowest BCUT2D eigenvalue weighted by molar-refractivity contribution is 0.373. The average Bonchev–Trinajstić information content (AvgIpc) is 2.39. The molecule has 0 amide bonds. The van der Waals surface area contributed by atoms with Gasteiger partial charge in [-0.05, 0) is 64.5 Å². The Morgan fingerprint density at radius 3 is 2.45 bits per heavy atom. The van der Waals surface area contributed by atoms with Crippen LogP contribution in [0.25, 0.3) is 0 Å². The first-order valence-electron chi connectivity index (χ1n) is 6.59. The zero-order valence-corrected chi connectivity index (χ0v) is 14.7. The molecular weight excluding hydrogens is 401 g/mol. The standard InChI is InChI=1S/C16H14Br2ClN/c17-14-4-2-1-3-13(14)10-7-12(8-10)20-11-5-6-16(19)15(18)9-11/h1-6,9-10,12,20H,7-8H2. The summed E-state index contributed by atoms with van der Waals surface area (Å²) in [4.78, 5) is 0. The smallest absolute Gasteiger partial charge is 0.0549 e. The van der Waals surface area contributed by atoms with Crippen molar-refractivity contribution in [3.8, 4) is 0 Å². The van der Waals surface area contributed by atoms with Crippen LogP contribution in [0, 0.1) is 0 Å². The second-order valence-corrected chi connectivity index (χ2v) is 7.28. The third-order valence-electron chi connectivity index (χ3n) is 3.77. The highest BCUT2D eigenvalue weighted by Crippen LogP contribution is 2.41. The molecule has 2 aromatic carbocycles. The van der Waals surface area contributed by atoms with Crippen molar-refractivity contribution in [1.29, 1.82) is 0 Å². The van der Waals surface area contributed by atoms with Crippen molar-refractivity contribution < 1.29 is 0 Å². The van der Waals surface area contributed by atoms with Crippen molar-refractivity contribution in [3.05, 3.63) is 62.0 Å². The Hall–Kier alpha value is -0.510. The molecule has 1 aliphatic carbocycles. The molecule has 0 radical (unpaired) electrons. The first-order valence-corrected chi connectivity index (χ1v) is 8.56. The summed E-state index contributed by atoms with van der Waals surface area (Å²) in [5.41, 5.74) is 2.54. The molecule has 0 saturated heterocycles. The third-order valence-corrected chi connectivity index (χ3v) is 5.71. The molecule has 0 bridgehead atoms. The number of anilines is 1. The molecule has 2 aromatic rings. The fraction of sp³-hybridized carbons (Fsp3) is 0.250. The quantitative estimate of drug-likeness (QED) is 0.627. The van der Waals surface area contributed by atoms with E-state index >= 15 is 0 Å². The van der Waals surface area contributed by atoms with Gasteiger partial charge in [0.05, 0.1) is 5.02 Å². The number of rotatable bonds is 3. The molecule has 3 rings (SSSR count). The lowest BCUT2D eigenvalue weighted by atomic mass is 9.76. The summed E-state index contributed by atoms with van der Waals surface area (Å²) >= 11 is 13.1. The number of hydrogen-bond acceptors (Lipinski definition) is 1. The lowest BCUT2D eigenvalue weighted by Gasteiger charge is -2.37. The topological polar surface area (TPSA) is 12.0 Å². The minimum Gasteiger partial charge on any atom is -0.382 e. The molecule has 4 heteroatoms. The molecule has 1 fully saturated rings. The van der Waals surface area contributed by atoms with E-state index < -0.39 is 0 Å². The molecule has 1 N–H and O–H groups in total. The Morgan fingerprint density at radius 2 is 1.75 bits per heavy atom. The minimum atomic E-state index is 0.542. The predicted octanol–water partition coefficient (Wildman–Crippen LogP) is 6.22. The maximum Gasteiger partial charge on any atom is 0.0549 e. The summed E-state index contributed by atoms with van der Waals surface area (Å²) in [6.45, 7) is 0. The van der Waals surface area contributed by atoms with Crippen molar-refractivity contribution in [2.45, 2.75) is 24.8 Å². The summed E-state index contributed by atoms with van der Waals surface area (Å²) in [6.07, 6.45) is 2.34. The Kier molecular flexibility index (Phi) is 4.39. The Labute approximate surface area is 141 Å². The number of benzene rings is 2. The number of nitrogens with one attached hydrogen (secondary N) is 1. The van der Waals surface area contributed by atoms with Gasteiger partial charge in [-0.3, -0.25) is 0 Å². The summed E-state index contributed by atoms with van der Waals surface area (Å²) in [7, 11) is 0. The lowest BCUT2D eigenvalue weighted by Crippen LogP contribution is -2.34. The Bertz CT molecular complexity index is 624. The van der Waals surface area contributed by atoms with Gasteiger partial charge in [0.1, 0.15) is 0 Å². The normalized spacial score (nSPS) is 21.4. The highest BCUT2D eigenvalue weighted by Gasteiger charge is 2.31. The van der Waals surface area contributed by atoms with Gasteiger partial charge < -0.3 is 5.32 Å². The summed E-state index contributed by atoms with van der Waals surface area (Å²) < 4.78 is 2.16. The van der Waals surface area contributed by atoms with Gasteiger partial charge >= 0.3 is 0 Å². The highest BCUT2D eigenvalue weighted by molar-refractivity contribution is 9.10. The van der Waals surface area contributed by atoms with Crippen molar-refractivity contribution in [1.82, 2.24) is 0 Å². The van der Waals surface area contributed by atoms with Crippen LogP contribution in [0.1, 0.15) is 24.3 Å². The van der Waals surface area contributed by atoms with Crippen molar-refractivity contribution in [2.24, 2.45) is 0 Å². The van der Waals surface area contributed by atoms with E-state index in [0.717, 1.165) is 15.2 Å². The zero-order chi connectivity index (χ0) is 14.1. The van der Waals surface area contributed by atoms with Crippen LogP contribution < -0.4 is 5.32 Å². The van der Waals surface area contributed by atoms with E-state index in [2.05, 4.69) is 61.4 Å². The molecule has 0 aromatic heterocycles. The SMILES string of the molecule is Clc1ccc(NC2CC(c3ccccc3Br)C2)cc1Br. The van der Waals surface area contributed by atoms with Gasteiger partial charge in [0, 0.05) is 20.7 Å². The van der Waals surface area contributed by atoms with Crippen molar-refractivity contribution >= 4 is 49.1 Å². The molecule has 0 spiro atoms. The first kappa shape index (κ1) is 14.4. The monoisotopic (exact) mass is 413 g/mol. The number of halogens is 3. The maximum absolute atomic E-state index is 6.01. The van der Waals surface area contributed by atoms with Crippen LogP contribution in [0.3, 0.4) is 0 Å². The molecule has 0 aliphatic heterocycles.